The van der Waals surface area contributed by atoms with Gasteiger partial charge >= 0.3 is 0 Å². The SMILES string of the molecule is Cc1ccc(C(CN=C(N)NC2CCOc3ccccc32)N2CCCC2)cc1. The van der Waals surface area contributed by atoms with E-state index in [4.69, 9.17) is 15.5 Å². The molecule has 0 spiro atoms. The lowest BCUT2D eigenvalue weighted by molar-refractivity contribution is 0.251. The van der Waals surface area contributed by atoms with Crippen LogP contribution in [0.4, 0.5) is 0 Å². The number of guanidine groups is 1. The average molecular weight is 379 g/mol. The highest BCUT2D eigenvalue weighted by atomic mass is 16.5. The zero-order valence-corrected chi connectivity index (χ0v) is 16.6. The average Bonchev–Trinajstić information content (AvgIpc) is 3.24. The first kappa shape index (κ1) is 18.8. The molecule has 2 heterocycles. The van der Waals surface area contributed by atoms with Crippen LogP contribution in [0.15, 0.2) is 53.5 Å². The van der Waals surface area contributed by atoms with E-state index in [1.165, 1.54) is 24.0 Å². The van der Waals surface area contributed by atoms with Gasteiger partial charge in [-0.2, -0.15) is 0 Å². The van der Waals surface area contributed by atoms with Crippen LogP contribution in [0.2, 0.25) is 0 Å². The molecule has 3 N–H and O–H groups in total. The third-order valence-electron chi connectivity index (χ3n) is 5.76. The van der Waals surface area contributed by atoms with Crippen molar-refractivity contribution in [3.63, 3.8) is 0 Å². The number of aryl methyl sites for hydroxylation is 1. The molecule has 1 saturated heterocycles. The van der Waals surface area contributed by atoms with E-state index in [0.29, 0.717) is 19.1 Å². The molecule has 2 unspecified atom stereocenters. The van der Waals surface area contributed by atoms with Crippen molar-refractivity contribution in [3.05, 3.63) is 65.2 Å². The van der Waals surface area contributed by atoms with Crippen LogP contribution in [-0.4, -0.2) is 37.1 Å². The summed E-state index contributed by atoms with van der Waals surface area (Å²) in [4.78, 5) is 7.27. The lowest BCUT2D eigenvalue weighted by atomic mass is 10.0. The van der Waals surface area contributed by atoms with Crippen molar-refractivity contribution < 1.29 is 4.74 Å². The Hall–Kier alpha value is -2.53. The van der Waals surface area contributed by atoms with Gasteiger partial charge in [-0.3, -0.25) is 9.89 Å². The van der Waals surface area contributed by atoms with Gasteiger partial charge in [0.05, 0.1) is 25.2 Å². The van der Waals surface area contributed by atoms with Crippen LogP contribution in [0.3, 0.4) is 0 Å². The molecule has 2 aliphatic rings. The Morgan fingerprint density at radius 1 is 1.18 bits per heavy atom. The molecule has 0 aromatic heterocycles. The number of nitrogens with one attached hydrogen (secondary N) is 1. The summed E-state index contributed by atoms with van der Waals surface area (Å²) >= 11 is 0. The van der Waals surface area contributed by atoms with E-state index in [1.807, 2.05) is 18.2 Å². The molecule has 148 valence electrons. The Morgan fingerprint density at radius 2 is 1.93 bits per heavy atom. The van der Waals surface area contributed by atoms with Gasteiger partial charge in [-0.25, -0.2) is 0 Å². The second-order valence-corrected chi connectivity index (χ2v) is 7.77. The Labute approximate surface area is 167 Å². The monoisotopic (exact) mass is 378 g/mol. The third kappa shape index (κ3) is 4.30. The van der Waals surface area contributed by atoms with Gasteiger partial charge in [-0.15, -0.1) is 0 Å². The van der Waals surface area contributed by atoms with E-state index >= 15 is 0 Å². The number of likely N-dealkylation sites (tertiary alicyclic amines) is 1. The summed E-state index contributed by atoms with van der Waals surface area (Å²) in [6.45, 7) is 5.76. The smallest absolute Gasteiger partial charge is 0.189 e. The number of hydrogen-bond acceptors (Lipinski definition) is 3. The fraction of sp³-hybridized carbons (Fsp3) is 0.435. The number of para-hydroxylation sites is 1. The highest BCUT2D eigenvalue weighted by Gasteiger charge is 2.24. The van der Waals surface area contributed by atoms with Gasteiger partial charge in [0.2, 0.25) is 0 Å². The number of fused-ring (bicyclic) bond motifs is 1. The molecule has 5 nitrogen and oxygen atoms in total. The maximum Gasteiger partial charge on any atom is 0.189 e. The van der Waals surface area contributed by atoms with Crippen LogP contribution in [0.1, 0.15) is 48.0 Å². The van der Waals surface area contributed by atoms with Gasteiger partial charge in [0, 0.05) is 12.0 Å². The Kier molecular flexibility index (Phi) is 5.81. The number of nitrogens with zero attached hydrogens (tertiary/aromatic N) is 2. The summed E-state index contributed by atoms with van der Waals surface area (Å²) in [5, 5.41) is 3.41. The Balaban J connectivity index is 1.46. The van der Waals surface area contributed by atoms with Crippen LogP contribution >= 0.6 is 0 Å². The summed E-state index contributed by atoms with van der Waals surface area (Å²) in [7, 11) is 0. The lowest BCUT2D eigenvalue weighted by Crippen LogP contribution is -2.38. The molecule has 4 rings (SSSR count). The molecule has 0 radical (unpaired) electrons. The minimum absolute atomic E-state index is 0.151. The van der Waals surface area contributed by atoms with Crippen LogP contribution in [-0.2, 0) is 0 Å². The molecule has 2 atom stereocenters. The molecule has 2 aromatic rings. The molecule has 0 saturated carbocycles. The second-order valence-electron chi connectivity index (χ2n) is 7.77. The number of ether oxygens (including phenoxy) is 1. The molecule has 1 fully saturated rings. The molecule has 2 aromatic carbocycles. The van der Waals surface area contributed by atoms with Crippen molar-refractivity contribution in [1.29, 1.82) is 0 Å². The highest BCUT2D eigenvalue weighted by molar-refractivity contribution is 5.78. The summed E-state index contributed by atoms with van der Waals surface area (Å²) < 4.78 is 5.74. The largest absolute Gasteiger partial charge is 0.493 e. The first-order valence-corrected chi connectivity index (χ1v) is 10.3. The fourth-order valence-corrected chi connectivity index (χ4v) is 4.17. The standard InChI is InChI=1S/C23H30N4O/c1-17-8-10-18(11-9-17)21(27-13-4-5-14-27)16-25-23(24)26-20-12-15-28-22-7-3-2-6-19(20)22/h2-3,6-11,20-21H,4-5,12-16H2,1H3,(H3,24,25,26). The predicted molar refractivity (Wildman–Crippen MR) is 114 cm³/mol. The minimum Gasteiger partial charge on any atom is -0.493 e. The number of rotatable bonds is 5. The maximum atomic E-state index is 6.29. The normalized spacial score (nSPS) is 21.0. The van der Waals surface area contributed by atoms with E-state index < -0.39 is 0 Å². The van der Waals surface area contributed by atoms with Gasteiger partial charge in [-0.1, -0.05) is 48.0 Å². The van der Waals surface area contributed by atoms with Crippen molar-refractivity contribution in [1.82, 2.24) is 10.2 Å². The number of nitrogens with two attached hydrogens (primary N) is 1. The lowest BCUT2D eigenvalue weighted by Gasteiger charge is -2.28. The molecule has 5 heteroatoms. The van der Waals surface area contributed by atoms with Crippen LogP contribution in [0.25, 0.3) is 0 Å². The molecule has 28 heavy (non-hydrogen) atoms. The van der Waals surface area contributed by atoms with Crippen molar-refractivity contribution in [3.8, 4) is 5.75 Å². The molecular weight excluding hydrogens is 348 g/mol. The van der Waals surface area contributed by atoms with E-state index in [2.05, 4.69) is 47.5 Å². The van der Waals surface area contributed by atoms with Crippen LogP contribution in [0, 0.1) is 6.92 Å². The van der Waals surface area contributed by atoms with E-state index in [1.54, 1.807) is 0 Å². The number of benzene rings is 2. The maximum absolute atomic E-state index is 6.29. The van der Waals surface area contributed by atoms with Crippen molar-refractivity contribution in [2.24, 2.45) is 10.7 Å². The van der Waals surface area contributed by atoms with Crippen LogP contribution in [0.5, 0.6) is 5.75 Å². The molecule has 0 bridgehead atoms. The minimum atomic E-state index is 0.151. The van der Waals surface area contributed by atoms with Crippen molar-refractivity contribution in [2.75, 3.05) is 26.2 Å². The van der Waals surface area contributed by atoms with Crippen molar-refractivity contribution in [2.45, 2.75) is 38.3 Å². The number of hydrogen-bond donors (Lipinski definition) is 2. The Bertz CT molecular complexity index is 812. The summed E-state index contributed by atoms with van der Waals surface area (Å²) in [5.74, 6) is 1.45. The summed E-state index contributed by atoms with van der Waals surface area (Å²) in [6.07, 6.45) is 3.41. The van der Waals surface area contributed by atoms with Gasteiger partial charge < -0.3 is 15.8 Å². The van der Waals surface area contributed by atoms with Gasteiger partial charge in [0.15, 0.2) is 5.96 Å². The van der Waals surface area contributed by atoms with Gasteiger partial charge in [0.25, 0.3) is 0 Å². The molecular formula is C23H30N4O. The van der Waals surface area contributed by atoms with E-state index in [0.717, 1.165) is 30.8 Å². The van der Waals surface area contributed by atoms with Gasteiger partial charge in [-0.05, 0) is 44.5 Å². The quantitative estimate of drug-likeness (QED) is 0.617. The highest BCUT2D eigenvalue weighted by Crippen LogP contribution is 2.31. The topological polar surface area (TPSA) is 62.9 Å². The molecule has 2 aliphatic heterocycles. The predicted octanol–water partition coefficient (Wildman–Crippen LogP) is 3.56. The van der Waals surface area contributed by atoms with Crippen LogP contribution < -0.4 is 15.8 Å². The number of aliphatic imine (C=N–C) groups is 1. The fourth-order valence-electron chi connectivity index (χ4n) is 4.17. The Morgan fingerprint density at radius 3 is 2.71 bits per heavy atom. The zero-order valence-electron chi connectivity index (χ0n) is 16.6. The third-order valence-corrected chi connectivity index (χ3v) is 5.76. The first-order valence-electron chi connectivity index (χ1n) is 10.3. The second kappa shape index (κ2) is 8.65. The van der Waals surface area contributed by atoms with E-state index in [-0.39, 0.29) is 12.1 Å². The van der Waals surface area contributed by atoms with E-state index in [9.17, 15) is 0 Å². The van der Waals surface area contributed by atoms with Gasteiger partial charge in [0.1, 0.15) is 5.75 Å². The summed E-state index contributed by atoms with van der Waals surface area (Å²) in [6, 6.07) is 17.4. The zero-order chi connectivity index (χ0) is 19.3. The summed E-state index contributed by atoms with van der Waals surface area (Å²) in [5.41, 5.74) is 10.0. The molecule has 0 aliphatic carbocycles. The first-order chi connectivity index (χ1) is 13.7. The molecule has 0 amide bonds. The van der Waals surface area contributed by atoms with Crippen molar-refractivity contribution >= 4 is 5.96 Å².